The molecule has 0 saturated carbocycles. The molecule has 0 spiro atoms. The fraction of sp³-hybridized carbons (Fsp3) is 0.231. The van der Waals surface area contributed by atoms with E-state index in [1.54, 1.807) is 30.5 Å². The van der Waals surface area contributed by atoms with E-state index in [2.05, 4.69) is 14.7 Å². The van der Waals surface area contributed by atoms with Gasteiger partial charge in [-0.05, 0) is 12.1 Å². The zero-order valence-electron chi connectivity index (χ0n) is 10.9. The van der Waals surface area contributed by atoms with E-state index in [4.69, 9.17) is 0 Å². The summed E-state index contributed by atoms with van der Waals surface area (Å²) in [7, 11) is -1.53. The highest BCUT2D eigenvalue weighted by atomic mass is 32.2. The molecule has 3 rings (SSSR count). The summed E-state index contributed by atoms with van der Waals surface area (Å²) >= 11 is 0. The summed E-state index contributed by atoms with van der Waals surface area (Å²) in [4.78, 5) is 8.84. The Morgan fingerprint density at radius 2 is 2.15 bits per heavy atom. The lowest BCUT2D eigenvalue weighted by Gasteiger charge is -2.00. The van der Waals surface area contributed by atoms with Crippen LogP contribution < -0.4 is 4.72 Å². The molecule has 1 aliphatic heterocycles. The molecule has 0 radical (unpaired) electrons. The molecular weight excluding hydrogens is 276 g/mol. The number of amidine groups is 1. The van der Waals surface area contributed by atoms with Gasteiger partial charge in [0.2, 0.25) is 0 Å². The molecule has 2 aromatic rings. The van der Waals surface area contributed by atoms with Crippen LogP contribution in [0, 0.1) is 0 Å². The van der Waals surface area contributed by atoms with Crippen LogP contribution in [-0.4, -0.2) is 30.3 Å². The van der Waals surface area contributed by atoms with E-state index in [1.807, 2.05) is 17.8 Å². The van der Waals surface area contributed by atoms with Crippen LogP contribution in [-0.2, 0) is 23.5 Å². The van der Waals surface area contributed by atoms with Crippen molar-refractivity contribution in [3.8, 4) is 0 Å². The number of aryl methyl sites for hydroxylation is 1. The highest BCUT2D eigenvalue weighted by Crippen LogP contribution is 2.22. The Morgan fingerprint density at radius 3 is 2.90 bits per heavy atom. The molecule has 1 aliphatic rings. The first-order valence-electron chi connectivity index (χ1n) is 6.21. The quantitative estimate of drug-likeness (QED) is 0.904. The van der Waals surface area contributed by atoms with Crippen LogP contribution in [0.4, 0.5) is 0 Å². The fourth-order valence-electron chi connectivity index (χ4n) is 2.16. The number of hydrogen-bond acceptors (Lipinski definition) is 4. The number of nitrogens with zero attached hydrogens (tertiary/aromatic N) is 3. The molecule has 1 N–H and O–H groups in total. The third-order valence-corrected chi connectivity index (χ3v) is 4.59. The van der Waals surface area contributed by atoms with Gasteiger partial charge in [0.15, 0.2) is 0 Å². The van der Waals surface area contributed by atoms with Gasteiger partial charge < -0.3 is 4.57 Å². The summed E-state index contributed by atoms with van der Waals surface area (Å²) in [5, 5.41) is 0. The summed E-state index contributed by atoms with van der Waals surface area (Å²) in [5.74, 6) is 1.33. The maximum atomic E-state index is 11.9. The largest absolute Gasteiger partial charge is 0.338 e. The van der Waals surface area contributed by atoms with Gasteiger partial charge in [-0.3, -0.25) is 9.71 Å². The lowest BCUT2D eigenvalue weighted by Crippen LogP contribution is -2.22. The minimum atomic E-state index is -3.45. The second-order valence-electron chi connectivity index (χ2n) is 4.54. The number of nitrogens with one attached hydrogen (secondary N) is 1. The Bertz CT molecular complexity index is 777. The molecule has 0 aliphatic carbocycles. The van der Waals surface area contributed by atoms with Crippen LogP contribution in [0.5, 0.6) is 0 Å². The Kier molecular flexibility index (Phi) is 3.06. The SMILES string of the molecule is Cn1ccnc1CCN=C1NS(=O)(=O)c2ccccc21. The van der Waals surface area contributed by atoms with E-state index >= 15 is 0 Å². The van der Waals surface area contributed by atoms with Gasteiger partial charge >= 0.3 is 0 Å². The Hall–Kier alpha value is -2.15. The summed E-state index contributed by atoms with van der Waals surface area (Å²) in [5.41, 5.74) is 0.632. The average Bonchev–Trinajstić information content (AvgIpc) is 2.93. The molecule has 1 aromatic carbocycles. The molecule has 6 nitrogen and oxygen atoms in total. The summed E-state index contributed by atoms with van der Waals surface area (Å²) in [6.45, 7) is 0.483. The van der Waals surface area contributed by atoms with E-state index in [-0.39, 0.29) is 4.90 Å². The second-order valence-corrected chi connectivity index (χ2v) is 6.19. The lowest BCUT2D eigenvalue weighted by molar-refractivity contribution is 0.595. The van der Waals surface area contributed by atoms with Crippen molar-refractivity contribution in [3.05, 3.63) is 48.0 Å². The van der Waals surface area contributed by atoms with E-state index in [0.717, 1.165) is 5.82 Å². The van der Waals surface area contributed by atoms with Gasteiger partial charge in [0.05, 0.1) is 4.90 Å². The second kappa shape index (κ2) is 4.75. The lowest BCUT2D eigenvalue weighted by atomic mass is 10.2. The first-order chi connectivity index (χ1) is 9.58. The number of rotatable bonds is 3. The van der Waals surface area contributed by atoms with Crippen molar-refractivity contribution >= 4 is 15.9 Å². The van der Waals surface area contributed by atoms with Gasteiger partial charge in [0.25, 0.3) is 10.0 Å². The van der Waals surface area contributed by atoms with Crippen LogP contribution in [0.25, 0.3) is 0 Å². The molecule has 20 heavy (non-hydrogen) atoms. The van der Waals surface area contributed by atoms with Gasteiger partial charge in [-0.1, -0.05) is 12.1 Å². The first-order valence-corrected chi connectivity index (χ1v) is 7.69. The minimum Gasteiger partial charge on any atom is -0.338 e. The van der Waals surface area contributed by atoms with E-state index < -0.39 is 10.0 Å². The van der Waals surface area contributed by atoms with Crippen LogP contribution >= 0.6 is 0 Å². The van der Waals surface area contributed by atoms with Gasteiger partial charge in [-0.2, -0.15) is 0 Å². The number of aliphatic imine (C=N–C) groups is 1. The minimum absolute atomic E-state index is 0.288. The molecule has 0 atom stereocenters. The van der Waals surface area contributed by atoms with E-state index in [1.165, 1.54) is 0 Å². The smallest absolute Gasteiger partial charge is 0.263 e. The molecule has 0 fully saturated rings. The van der Waals surface area contributed by atoms with Gasteiger partial charge in [0.1, 0.15) is 11.7 Å². The monoisotopic (exact) mass is 290 g/mol. The van der Waals surface area contributed by atoms with Crippen LogP contribution in [0.3, 0.4) is 0 Å². The highest BCUT2D eigenvalue weighted by molar-refractivity contribution is 7.90. The van der Waals surface area contributed by atoms with Crippen LogP contribution in [0.15, 0.2) is 46.5 Å². The average molecular weight is 290 g/mol. The number of fused-ring (bicyclic) bond motifs is 1. The third-order valence-electron chi connectivity index (χ3n) is 3.19. The molecule has 0 unspecified atom stereocenters. The predicted molar refractivity (Wildman–Crippen MR) is 75.1 cm³/mol. The molecule has 7 heteroatoms. The Morgan fingerprint density at radius 1 is 1.35 bits per heavy atom. The number of sulfonamides is 1. The molecule has 1 aromatic heterocycles. The number of imidazole rings is 1. The van der Waals surface area contributed by atoms with Gasteiger partial charge in [-0.15, -0.1) is 0 Å². The summed E-state index contributed by atoms with van der Waals surface area (Å²) < 4.78 is 28.2. The Labute approximate surface area is 117 Å². The molecule has 2 heterocycles. The summed E-state index contributed by atoms with van der Waals surface area (Å²) in [6, 6.07) is 6.84. The molecule has 0 amide bonds. The first kappa shape index (κ1) is 12.9. The maximum Gasteiger partial charge on any atom is 0.263 e. The van der Waals surface area contributed by atoms with Crippen molar-refractivity contribution in [1.29, 1.82) is 0 Å². The number of benzene rings is 1. The molecule has 104 valence electrons. The van der Waals surface area contributed by atoms with Crippen molar-refractivity contribution in [2.24, 2.45) is 12.0 Å². The molecular formula is C13H14N4O2S. The van der Waals surface area contributed by atoms with Crippen molar-refractivity contribution in [3.63, 3.8) is 0 Å². The standard InChI is InChI=1S/C13H14N4O2S/c1-17-9-8-14-12(17)6-7-15-13-10-4-2-3-5-11(10)20(18,19)16-13/h2-5,8-9H,6-7H2,1H3,(H,15,16). The zero-order chi connectivity index (χ0) is 14.2. The molecule has 0 saturated heterocycles. The van der Waals surface area contributed by atoms with Gasteiger partial charge in [0, 0.05) is 38.0 Å². The van der Waals surface area contributed by atoms with Crippen molar-refractivity contribution in [2.75, 3.05) is 6.54 Å². The normalized spacial score (nSPS) is 17.9. The predicted octanol–water partition coefficient (Wildman–Crippen LogP) is 0.701. The van der Waals surface area contributed by atoms with Crippen molar-refractivity contribution in [1.82, 2.24) is 14.3 Å². The topological polar surface area (TPSA) is 76.3 Å². The van der Waals surface area contributed by atoms with Crippen molar-refractivity contribution in [2.45, 2.75) is 11.3 Å². The van der Waals surface area contributed by atoms with E-state index in [0.29, 0.717) is 24.4 Å². The number of aromatic nitrogens is 2. The maximum absolute atomic E-state index is 11.9. The Balaban J connectivity index is 1.82. The van der Waals surface area contributed by atoms with Gasteiger partial charge in [-0.25, -0.2) is 13.4 Å². The molecule has 0 bridgehead atoms. The fourth-order valence-corrected chi connectivity index (χ4v) is 3.41. The number of hydrogen-bond donors (Lipinski definition) is 1. The van der Waals surface area contributed by atoms with Crippen LogP contribution in [0.1, 0.15) is 11.4 Å². The summed E-state index contributed by atoms with van der Waals surface area (Å²) in [6.07, 6.45) is 4.27. The van der Waals surface area contributed by atoms with E-state index in [9.17, 15) is 8.42 Å². The third kappa shape index (κ3) is 2.20. The van der Waals surface area contributed by atoms with Crippen LogP contribution in [0.2, 0.25) is 0 Å². The van der Waals surface area contributed by atoms with Crippen molar-refractivity contribution < 1.29 is 8.42 Å². The highest BCUT2D eigenvalue weighted by Gasteiger charge is 2.29. The zero-order valence-corrected chi connectivity index (χ0v) is 11.8.